The van der Waals surface area contributed by atoms with Crippen molar-refractivity contribution < 1.29 is 9.53 Å². The van der Waals surface area contributed by atoms with Gasteiger partial charge in [-0.1, -0.05) is 19.9 Å². The van der Waals surface area contributed by atoms with Crippen molar-refractivity contribution in [3.8, 4) is 0 Å². The highest BCUT2D eigenvalue weighted by Crippen LogP contribution is 2.41. The number of nitrogens with zero attached hydrogens (tertiary/aromatic N) is 2. The predicted octanol–water partition coefficient (Wildman–Crippen LogP) is 4.42. The molecule has 2 aromatic heterocycles. The van der Waals surface area contributed by atoms with E-state index in [9.17, 15) is 9.59 Å². The molecule has 5 rings (SSSR count). The highest BCUT2D eigenvalue weighted by molar-refractivity contribution is 7.80. The summed E-state index contributed by atoms with van der Waals surface area (Å²) in [6.07, 6.45) is 4.90. The van der Waals surface area contributed by atoms with Crippen LogP contribution >= 0.6 is 23.6 Å². The molecule has 3 atom stereocenters. The van der Waals surface area contributed by atoms with E-state index in [0.717, 1.165) is 68.0 Å². The molecule has 6 nitrogen and oxygen atoms in total. The van der Waals surface area contributed by atoms with E-state index in [0.29, 0.717) is 29.1 Å². The molecule has 8 heteroatoms. The first-order valence-corrected chi connectivity index (χ1v) is 13.2. The van der Waals surface area contributed by atoms with E-state index in [1.807, 2.05) is 17.6 Å². The third kappa shape index (κ3) is 4.35. The van der Waals surface area contributed by atoms with Gasteiger partial charge in [0.2, 0.25) is 0 Å². The summed E-state index contributed by atoms with van der Waals surface area (Å²) in [5.41, 5.74) is 3.03. The molecule has 1 fully saturated rings. The van der Waals surface area contributed by atoms with E-state index >= 15 is 0 Å². The molecule has 1 saturated heterocycles. The first-order valence-electron chi connectivity index (χ1n) is 12.0. The van der Waals surface area contributed by atoms with Gasteiger partial charge in [-0.2, -0.15) is 0 Å². The SMILES string of the molecule is CCCOC(=O)c1c(NC(=S)N2C[C@H]3C[C@H](C2)c2cccc(=O)n2C3)sc2c1CC[C@@H](C)C2. The lowest BCUT2D eigenvalue weighted by Gasteiger charge is -2.43. The zero-order chi connectivity index (χ0) is 23.1. The van der Waals surface area contributed by atoms with Crippen LogP contribution in [0.3, 0.4) is 0 Å². The molecule has 0 saturated carbocycles. The molecule has 2 bridgehead atoms. The molecule has 0 unspecified atom stereocenters. The average molecular weight is 486 g/mol. The number of ether oxygens (including phenoxy) is 1. The van der Waals surface area contributed by atoms with E-state index < -0.39 is 0 Å². The number of pyridine rings is 1. The molecule has 2 aromatic rings. The van der Waals surface area contributed by atoms with Gasteiger partial charge < -0.3 is 19.5 Å². The lowest BCUT2D eigenvalue weighted by Crippen LogP contribution is -2.50. The summed E-state index contributed by atoms with van der Waals surface area (Å²) in [6, 6.07) is 5.57. The summed E-state index contributed by atoms with van der Waals surface area (Å²) < 4.78 is 7.48. The van der Waals surface area contributed by atoms with Gasteiger partial charge in [0, 0.05) is 42.2 Å². The van der Waals surface area contributed by atoms with Crippen LogP contribution in [0.4, 0.5) is 5.00 Å². The Bertz CT molecular complexity index is 1140. The molecule has 0 spiro atoms. The van der Waals surface area contributed by atoms with E-state index in [1.54, 1.807) is 17.4 Å². The molecule has 0 radical (unpaired) electrons. The van der Waals surface area contributed by atoms with Crippen LogP contribution in [0.15, 0.2) is 23.0 Å². The Kier molecular flexibility index (Phi) is 6.31. The maximum absolute atomic E-state index is 13.0. The van der Waals surface area contributed by atoms with Gasteiger partial charge in [0.1, 0.15) is 5.00 Å². The number of anilines is 1. The Balaban J connectivity index is 1.38. The number of aromatic nitrogens is 1. The van der Waals surface area contributed by atoms with E-state index in [1.165, 1.54) is 4.88 Å². The molecule has 33 heavy (non-hydrogen) atoms. The highest BCUT2D eigenvalue weighted by atomic mass is 32.1. The van der Waals surface area contributed by atoms with Crippen molar-refractivity contribution in [2.45, 2.75) is 58.4 Å². The Morgan fingerprint density at radius 2 is 2.15 bits per heavy atom. The van der Waals surface area contributed by atoms with Gasteiger partial charge in [0.05, 0.1) is 12.2 Å². The molecule has 2 aliphatic heterocycles. The number of fused-ring (bicyclic) bond motifs is 5. The second-order valence-corrected chi connectivity index (χ2v) is 11.2. The first-order chi connectivity index (χ1) is 15.9. The second-order valence-electron chi connectivity index (χ2n) is 9.73. The average Bonchev–Trinajstić information content (AvgIpc) is 3.14. The van der Waals surface area contributed by atoms with Gasteiger partial charge >= 0.3 is 5.97 Å². The zero-order valence-electron chi connectivity index (χ0n) is 19.3. The van der Waals surface area contributed by atoms with Crippen molar-refractivity contribution in [1.82, 2.24) is 9.47 Å². The van der Waals surface area contributed by atoms with Crippen molar-refractivity contribution in [2.75, 3.05) is 25.0 Å². The Hall–Kier alpha value is -2.19. The standard InChI is InChI=1S/C25H31N3O3S2/c1-3-9-31-24(30)22-18-8-7-15(2)10-20(18)33-23(22)26-25(32)27-12-16-11-17(14-27)19-5-4-6-21(29)28(19)13-16/h4-6,15-17H,3,7-14H2,1-2H3,(H,26,32)/t15-,16-,17-/m1/s1. The lowest BCUT2D eigenvalue weighted by atomic mass is 9.83. The molecule has 1 aliphatic carbocycles. The van der Waals surface area contributed by atoms with Crippen LogP contribution in [0.1, 0.15) is 65.5 Å². The third-order valence-corrected chi connectivity index (χ3v) is 8.67. The van der Waals surface area contributed by atoms with Gasteiger partial charge in [-0.25, -0.2) is 4.79 Å². The number of nitrogens with one attached hydrogen (secondary N) is 1. The quantitative estimate of drug-likeness (QED) is 0.511. The van der Waals surface area contributed by atoms with Crippen molar-refractivity contribution >= 4 is 39.6 Å². The normalized spacial score (nSPS) is 23.5. The number of thiocarbonyl (C=S) groups is 1. The summed E-state index contributed by atoms with van der Waals surface area (Å²) >= 11 is 7.52. The number of rotatable bonds is 4. The zero-order valence-corrected chi connectivity index (χ0v) is 20.9. The van der Waals surface area contributed by atoms with Gasteiger partial charge in [-0.05, 0) is 67.8 Å². The largest absolute Gasteiger partial charge is 0.462 e. The van der Waals surface area contributed by atoms with Gasteiger partial charge in [-0.3, -0.25) is 4.79 Å². The molecular formula is C25H31N3O3S2. The molecule has 0 aromatic carbocycles. The molecule has 176 valence electrons. The Labute approximate surface area is 203 Å². The fraction of sp³-hybridized carbons (Fsp3) is 0.560. The minimum atomic E-state index is -0.238. The number of likely N-dealkylation sites (tertiary alicyclic amines) is 1. The highest BCUT2D eigenvalue weighted by Gasteiger charge is 2.36. The number of piperidine rings is 1. The first kappa shape index (κ1) is 22.6. The van der Waals surface area contributed by atoms with Crippen LogP contribution in [-0.2, 0) is 24.1 Å². The van der Waals surface area contributed by atoms with Crippen LogP contribution in [0, 0.1) is 11.8 Å². The van der Waals surface area contributed by atoms with Crippen molar-refractivity contribution in [2.24, 2.45) is 11.8 Å². The summed E-state index contributed by atoms with van der Waals surface area (Å²) in [6.45, 7) is 7.05. The van der Waals surface area contributed by atoms with Crippen molar-refractivity contribution in [1.29, 1.82) is 0 Å². The monoisotopic (exact) mass is 485 g/mol. The lowest BCUT2D eigenvalue weighted by molar-refractivity contribution is 0.0505. The number of carbonyl (C=O) groups excluding carboxylic acids is 1. The molecule has 0 amide bonds. The number of thiophene rings is 1. The molecule has 3 aliphatic rings. The minimum Gasteiger partial charge on any atom is -0.462 e. The van der Waals surface area contributed by atoms with E-state index in [-0.39, 0.29) is 17.4 Å². The van der Waals surface area contributed by atoms with Crippen LogP contribution in [0.5, 0.6) is 0 Å². The maximum Gasteiger partial charge on any atom is 0.341 e. The van der Waals surface area contributed by atoms with Crippen LogP contribution in [0.2, 0.25) is 0 Å². The Morgan fingerprint density at radius 1 is 1.30 bits per heavy atom. The summed E-state index contributed by atoms with van der Waals surface area (Å²) in [5.74, 6) is 1.07. The van der Waals surface area contributed by atoms with E-state index in [4.69, 9.17) is 17.0 Å². The molecule has 1 N–H and O–H groups in total. The fourth-order valence-electron chi connectivity index (χ4n) is 5.56. The number of hydrogen-bond acceptors (Lipinski definition) is 5. The fourth-order valence-corrected chi connectivity index (χ4v) is 7.27. The third-order valence-electron chi connectivity index (χ3n) is 7.14. The smallest absolute Gasteiger partial charge is 0.341 e. The summed E-state index contributed by atoms with van der Waals surface area (Å²) in [7, 11) is 0. The number of hydrogen-bond donors (Lipinski definition) is 1. The van der Waals surface area contributed by atoms with Crippen LogP contribution in [0.25, 0.3) is 0 Å². The Morgan fingerprint density at radius 3 is 2.97 bits per heavy atom. The van der Waals surface area contributed by atoms with Gasteiger partial charge in [-0.15, -0.1) is 11.3 Å². The van der Waals surface area contributed by atoms with Gasteiger partial charge in [0.25, 0.3) is 5.56 Å². The van der Waals surface area contributed by atoms with Gasteiger partial charge in [0.15, 0.2) is 5.11 Å². The second kappa shape index (κ2) is 9.22. The van der Waals surface area contributed by atoms with Crippen LogP contribution in [-0.4, -0.2) is 40.2 Å². The number of esters is 1. The van der Waals surface area contributed by atoms with E-state index in [2.05, 4.69) is 23.2 Å². The summed E-state index contributed by atoms with van der Waals surface area (Å²) in [5, 5.41) is 4.93. The topological polar surface area (TPSA) is 63.6 Å². The van der Waals surface area contributed by atoms with Crippen molar-refractivity contribution in [3.05, 3.63) is 50.3 Å². The molecular weight excluding hydrogens is 454 g/mol. The minimum absolute atomic E-state index is 0.0879. The van der Waals surface area contributed by atoms with Crippen LogP contribution < -0.4 is 10.9 Å². The van der Waals surface area contributed by atoms with Crippen molar-refractivity contribution in [3.63, 3.8) is 0 Å². The predicted molar refractivity (Wildman–Crippen MR) is 135 cm³/mol. The maximum atomic E-state index is 13.0. The summed E-state index contributed by atoms with van der Waals surface area (Å²) in [4.78, 5) is 28.8. The molecule has 4 heterocycles. The number of carbonyl (C=O) groups is 1.